The van der Waals surface area contributed by atoms with Gasteiger partial charge < -0.3 is 16.0 Å². The first-order chi connectivity index (χ1) is 20.3. The maximum atomic E-state index is 13.1. The summed E-state index contributed by atoms with van der Waals surface area (Å²) in [5.41, 5.74) is 4.52. The van der Waals surface area contributed by atoms with Gasteiger partial charge >= 0.3 is 6.03 Å². The molecule has 0 spiro atoms. The molecule has 0 saturated heterocycles. The molecule has 3 amide bonds. The highest BCUT2D eigenvalue weighted by molar-refractivity contribution is 6.33. The van der Waals surface area contributed by atoms with Crippen molar-refractivity contribution in [2.75, 3.05) is 17.2 Å². The molecule has 4 aromatic rings. The van der Waals surface area contributed by atoms with Crippen molar-refractivity contribution >= 4 is 34.9 Å². The fraction of sp³-hybridized carbons (Fsp3) is 0.281. The number of nitrogens with one attached hydrogen (secondary N) is 3. The van der Waals surface area contributed by atoms with Gasteiger partial charge in [0.25, 0.3) is 11.5 Å². The molecule has 2 aromatic heterocycles. The van der Waals surface area contributed by atoms with E-state index in [1.54, 1.807) is 18.3 Å². The second-order valence-electron chi connectivity index (χ2n) is 9.82. The Hall–Kier alpha value is -4.50. The average molecular weight is 587 g/mol. The molecule has 9 nitrogen and oxygen atoms in total. The average Bonchev–Trinajstić information content (AvgIpc) is 3.00. The van der Waals surface area contributed by atoms with Crippen LogP contribution in [0.25, 0.3) is 22.4 Å². The highest BCUT2D eigenvalue weighted by Gasteiger charge is 2.16. The van der Waals surface area contributed by atoms with Gasteiger partial charge in [-0.15, -0.1) is 0 Å². The molecular weight excluding hydrogens is 552 g/mol. The standard InChI is InChI=1S/C32H35ClN6O3/c1-4-7-15-35-30(40)24-14-9-12-22(17-24)21-11-8-13-23(16-21)27-18-28(31(41)39(6-3)38-27)36-32(42)37-29-25(10-5-2)19-34-20-26(29)33/h8-9,11-14,16-20H,4-7,10,15H2,1-3H3,(H,35,40)(H2,34,36,37,42). The predicted molar refractivity (Wildman–Crippen MR) is 168 cm³/mol. The molecule has 2 heterocycles. The summed E-state index contributed by atoms with van der Waals surface area (Å²) in [7, 11) is 0. The van der Waals surface area contributed by atoms with Crippen LogP contribution in [0.5, 0.6) is 0 Å². The number of halogens is 1. The van der Waals surface area contributed by atoms with Crippen LogP contribution in [-0.2, 0) is 13.0 Å². The third-order valence-electron chi connectivity index (χ3n) is 6.69. The summed E-state index contributed by atoms with van der Waals surface area (Å²) in [6.07, 6.45) is 6.61. The van der Waals surface area contributed by atoms with Crippen molar-refractivity contribution in [2.45, 2.75) is 53.0 Å². The number of aryl methyl sites for hydroxylation is 2. The first-order valence-corrected chi connectivity index (χ1v) is 14.5. The Bertz CT molecular complexity index is 1640. The molecule has 2 aromatic carbocycles. The molecule has 0 saturated carbocycles. The molecule has 0 fully saturated rings. The zero-order chi connectivity index (χ0) is 30.1. The fourth-order valence-corrected chi connectivity index (χ4v) is 4.73. The summed E-state index contributed by atoms with van der Waals surface area (Å²) < 4.78 is 1.31. The van der Waals surface area contributed by atoms with Crippen molar-refractivity contribution in [1.82, 2.24) is 20.1 Å². The van der Waals surface area contributed by atoms with E-state index >= 15 is 0 Å². The van der Waals surface area contributed by atoms with Gasteiger partial charge in [-0.25, -0.2) is 9.48 Å². The number of anilines is 2. The lowest BCUT2D eigenvalue weighted by Gasteiger charge is -2.14. The highest BCUT2D eigenvalue weighted by Crippen LogP contribution is 2.28. The molecule has 0 radical (unpaired) electrons. The van der Waals surface area contributed by atoms with Crippen molar-refractivity contribution in [3.63, 3.8) is 0 Å². The van der Waals surface area contributed by atoms with E-state index in [0.29, 0.717) is 41.5 Å². The van der Waals surface area contributed by atoms with Gasteiger partial charge in [-0.1, -0.05) is 68.6 Å². The first-order valence-electron chi connectivity index (χ1n) is 14.2. The summed E-state index contributed by atoms with van der Waals surface area (Å²) >= 11 is 6.31. The van der Waals surface area contributed by atoms with Crippen LogP contribution >= 0.6 is 11.6 Å². The van der Waals surface area contributed by atoms with Gasteiger partial charge in [-0.2, -0.15) is 5.10 Å². The van der Waals surface area contributed by atoms with Crippen LogP contribution in [0, 0.1) is 0 Å². The Labute approximate surface area is 250 Å². The second-order valence-corrected chi connectivity index (χ2v) is 10.2. The smallest absolute Gasteiger partial charge is 0.323 e. The monoisotopic (exact) mass is 586 g/mol. The van der Waals surface area contributed by atoms with E-state index in [2.05, 4.69) is 33.0 Å². The maximum absolute atomic E-state index is 13.1. The van der Waals surface area contributed by atoms with Gasteiger partial charge in [0.15, 0.2) is 0 Å². The topological polar surface area (TPSA) is 118 Å². The molecule has 3 N–H and O–H groups in total. The van der Waals surface area contributed by atoms with Crippen molar-refractivity contribution in [1.29, 1.82) is 0 Å². The van der Waals surface area contributed by atoms with E-state index in [4.69, 9.17) is 11.6 Å². The van der Waals surface area contributed by atoms with E-state index in [1.807, 2.05) is 56.3 Å². The Morgan fingerprint density at radius 2 is 1.64 bits per heavy atom. The summed E-state index contributed by atoms with van der Waals surface area (Å²) in [6, 6.07) is 16.1. The van der Waals surface area contributed by atoms with Crippen molar-refractivity contribution < 1.29 is 9.59 Å². The van der Waals surface area contributed by atoms with Gasteiger partial charge in [0, 0.05) is 36.6 Å². The largest absolute Gasteiger partial charge is 0.352 e. The van der Waals surface area contributed by atoms with E-state index < -0.39 is 11.6 Å². The quantitative estimate of drug-likeness (QED) is 0.168. The molecule has 0 aliphatic carbocycles. The van der Waals surface area contributed by atoms with Gasteiger partial charge in [-0.05, 0) is 60.7 Å². The number of rotatable bonds is 11. The molecule has 0 atom stereocenters. The second kappa shape index (κ2) is 14.4. The number of carbonyl (C=O) groups is 2. The number of urea groups is 1. The van der Waals surface area contributed by atoms with Crippen LogP contribution in [0.1, 0.15) is 56.0 Å². The minimum absolute atomic E-state index is 0.0812. The number of unbranched alkanes of at least 4 members (excludes halogenated alkanes) is 1. The Morgan fingerprint density at radius 1 is 0.905 bits per heavy atom. The van der Waals surface area contributed by atoms with Crippen molar-refractivity contribution in [3.8, 4) is 22.4 Å². The Morgan fingerprint density at radius 3 is 2.38 bits per heavy atom. The van der Waals surface area contributed by atoms with Crippen LogP contribution in [0.3, 0.4) is 0 Å². The minimum atomic E-state index is -0.597. The van der Waals surface area contributed by atoms with E-state index in [9.17, 15) is 14.4 Å². The normalized spacial score (nSPS) is 10.8. The summed E-state index contributed by atoms with van der Waals surface area (Å²) in [5, 5.41) is 13.2. The number of hydrogen-bond donors (Lipinski definition) is 3. The Balaban J connectivity index is 1.62. The number of benzene rings is 2. The van der Waals surface area contributed by atoms with Gasteiger partial charge in [0.05, 0.1) is 16.4 Å². The SMILES string of the molecule is CCCCNC(=O)c1cccc(-c2cccc(-c3cc(NC(=O)Nc4c(Cl)cncc4CCC)c(=O)n(CC)n3)c2)c1. The zero-order valence-corrected chi connectivity index (χ0v) is 24.8. The molecular formula is C32H35ClN6O3. The van der Waals surface area contributed by atoms with E-state index in [1.165, 1.54) is 10.9 Å². The van der Waals surface area contributed by atoms with Crippen LogP contribution in [-0.4, -0.2) is 33.2 Å². The Kier molecular flexibility index (Phi) is 10.4. The molecule has 4 rings (SSSR count). The summed E-state index contributed by atoms with van der Waals surface area (Å²) in [4.78, 5) is 42.8. The number of aromatic nitrogens is 3. The van der Waals surface area contributed by atoms with Gasteiger partial charge in [0.2, 0.25) is 0 Å². The third kappa shape index (κ3) is 7.41. The van der Waals surface area contributed by atoms with Crippen molar-refractivity contribution in [2.24, 2.45) is 0 Å². The molecule has 0 aliphatic rings. The molecule has 218 valence electrons. The lowest BCUT2D eigenvalue weighted by molar-refractivity contribution is 0.0953. The molecule has 10 heteroatoms. The van der Waals surface area contributed by atoms with Crippen molar-refractivity contribution in [3.05, 3.63) is 93.5 Å². The first kappa shape index (κ1) is 30.5. The molecule has 0 unspecified atom stereocenters. The molecule has 42 heavy (non-hydrogen) atoms. The van der Waals surface area contributed by atoms with Crippen LogP contribution in [0.2, 0.25) is 5.02 Å². The summed E-state index contributed by atoms with van der Waals surface area (Å²) in [6.45, 7) is 6.86. The third-order valence-corrected chi connectivity index (χ3v) is 6.98. The predicted octanol–water partition coefficient (Wildman–Crippen LogP) is 6.77. The maximum Gasteiger partial charge on any atom is 0.323 e. The van der Waals surface area contributed by atoms with Gasteiger partial charge in [0.1, 0.15) is 5.69 Å². The fourth-order valence-electron chi connectivity index (χ4n) is 4.51. The number of pyridine rings is 1. The van der Waals surface area contributed by atoms with Crippen LogP contribution < -0.4 is 21.5 Å². The zero-order valence-electron chi connectivity index (χ0n) is 24.0. The molecule has 0 bridgehead atoms. The lowest BCUT2D eigenvalue weighted by Crippen LogP contribution is -2.30. The lowest BCUT2D eigenvalue weighted by atomic mass is 9.99. The van der Waals surface area contributed by atoms with Crippen LogP contribution in [0.4, 0.5) is 16.2 Å². The van der Waals surface area contributed by atoms with Crippen LogP contribution in [0.15, 0.2) is 71.8 Å². The van der Waals surface area contributed by atoms with Gasteiger partial charge in [-0.3, -0.25) is 14.6 Å². The number of hydrogen-bond acceptors (Lipinski definition) is 5. The highest BCUT2D eigenvalue weighted by atomic mass is 35.5. The minimum Gasteiger partial charge on any atom is -0.352 e. The van der Waals surface area contributed by atoms with E-state index in [0.717, 1.165) is 41.5 Å². The number of nitrogens with zero attached hydrogens (tertiary/aromatic N) is 3. The van der Waals surface area contributed by atoms with E-state index in [-0.39, 0.29) is 11.6 Å². The number of amides is 3. The number of carbonyl (C=O) groups excluding carboxylic acids is 2. The molecule has 0 aliphatic heterocycles. The summed E-state index contributed by atoms with van der Waals surface area (Å²) in [5.74, 6) is -0.109.